The van der Waals surface area contributed by atoms with E-state index in [1.807, 2.05) is 0 Å². The molecule has 0 radical (unpaired) electrons. The molecular weight excluding hydrogens is 248 g/mol. The van der Waals surface area contributed by atoms with Gasteiger partial charge in [0.15, 0.2) is 0 Å². The molecule has 1 aromatic carbocycles. The molecule has 1 aromatic rings. The van der Waals surface area contributed by atoms with Crippen molar-refractivity contribution in [3.05, 3.63) is 18.2 Å². The van der Waals surface area contributed by atoms with Crippen LogP contribution in [-0.4, -0.2) is 27.9 Å². The minimum absolute atomic E-state index is 0.0635. The summed E-state index contributed by atoms with van der Waals surface area (Å²) in [6.07, 6.45) is 0. The number of hydrogen-bond donors (Lipinski definition) is 2. The van der Waals surface area contributed by atoms with Crippen LogP contribution in [-0.2, 0) is 14.8 Å². The average Bonchev–Trinajstić information content (AvgIpc) is 2.19. The smallest absolute Gasteiger partial charge is 0.239 e. The van der Waals surface area contributed by atoms with Crippen molar-refractivity contribution in [1.29, 1.82) is 0 Å². The van der Waals surface area contributed by atoms with Crippen LogP contribution >= 0.6 is 11.8 Å². The maximum Gasteiger partial charge on any atom is 0.239 e. The van der Waals surface area contributed by atoms with Crippen LogP contribution in [0.1, 0.15) is 0 Å². The fourth-order valence-corrected chi connectivity index (χ4v) is 3.11. The Hall–Kier alpha value is -0.760. The van der Waals surface area contributed by atoms with Gasteiger partial charge in [0.05, 0.1) is 11.5 Å². The Kier molecular flexibility index (Phi) is 4.60. The number of methoxy groups -OCH3 is 1. The molecule has 0 bridgehead atoms. The van der Waals surface area contributed by atoms with Gasteiger partial charge in [-0.3, -0.25) is 0 Å². The Labute approximate surface area is 99.2 Å². The summed E-state index contributed by atoms with van der Waals surface area (Å²) in [5.41, 5.74) is 5.90. The zero-order chi connectivity index (χ0) is 12.2. The number of anilines is 1. The molecule has 0 amide bonds. The summed E-state index contributed by atoms with van der Waals surface area (Å²) in [4.78, 5) is 0.655. The highest BCUT2D eigenvalue weighted by Gasteiger charge is 2.14. The third-order valence-electron chi connectivity index (χ3n) is 1.82. The van der Waals surface area contributed by atoms with Crippen molar-refractivity contribution in [2.45, 2.75) is 9.79 Å². The zero-order valence-corrected chi connectivity index (χ0v) is 10.5. The SMILES string of the molecule is COCCSc1ccc(N)cc1S(N)(=O)=O. The van der Waals surface area contributed by atoms with E-state index in [4.69, 9.17) is 15.6 Å². The summed E-state index contributed by atoms with van der Waals surface area (Å²) in [6, 6.07) is 4.66. The van der Waals surface area contributed by atoms with Crippen LogP contribution in [0.25, 0.3) is 0 Å². The van der Waals surface area contributed by atoms with Crippen molar-refractivity contribution >= 4 is 27.5 Å². The first-order valence-corrected chi connectivity index (χ1v) is 7.02. The molecule has 0 aromatic heterocycles. The van der Waals surface area contributed by atoms with Gasteiger partial charge in [-0.05, 0) is 18.2 Å². The molecule has 0 aliphatic heterocycles. The number of primary sulfonamides is 1. The fraction of sp³-hybridized carbons (Fsp3) is 0.333. The van der Waals surface area contributed by atoms with Crippen LogP contribution in [0.4, 0.5) is 5.69 Å². The van der Waals surface area contributed by atoms with E-state index < -0.39 is 10.0 Å². The Morgan fingerprint density at radius 1 is 1.44 bits per heavy atom. The van der Waals surface area contributed by atoms with Gasteiger partial charge in [0.1, 0.15) is 0 Å². The highest BCUT2D eigenvalue weighted by molar-refractivity contribution is 8.00. The molecule has 0 atom stereocenters. The van der Waals surface area contributed by atoms with Crippen molar-refractivity contribution in [3.8, 4) is 0 Å². The van der Waals surface area contributed by atoms with Gasteiger partial charge in [-0.2, -0.15) is 0 Å². The van der Waals surface area contributed by atoms with Gasteiger partial charge in [0, 0.05) is 23.4 Å². The van der Waals surface area contributed by atoms with Gasteiger partial charge in [0.2, 0.25) is 10.0 Å². The molecule has 0 saturated carbocycles. The van der Waals surface area contributed by atoms with E-state index in [9.17, 15) is 8.42 Å². The van der Waals surface area contributed by atoms with Crippen molar-refractivity contribution in [2.75, 3.05) is 25.2 Å². The molecule has 0 spiro atoms. The molecule has 90 valence electrons. The number of thioether (sulfide) groups is 1. The number of hydrogen-bond acceptors (Lipinski definition) is 5. The third kappa shape index (κ3) is 3.67. The Morgan fingerprint density at radius 3 is 2.69 bits per heavy atom. The van der Waals surface area contributed by atoms with E-state index in [0.29, 0.717) is 22.9 Å². The van der Waals surface area contributed by atoms with E-state index in [-0.39, 0.29) is 4.90 Å². The number of rotatable bonds is 5. The van der Waals surface area contributed by atoms with Crippen molar-refractivity contribution in [3.63, 3.8) is 0 Å². The lowest BCUT2D eigenvalue weighted by molar-refractivity contribution is 0.218. The molecule has 1 rings (SSSR count). The summed E-state index contributed by atoms with van der Waals surface area (Å²) < 4.78 is 27.5. The van der Waals surface area contributed by atoms with Crippen molar-refractivity contribution in [1.82, 2.24) is 0 Å². The van der Waals surface area contributed by atoms with Crippen LogP contribution in [0.2, 0.25) is 0 Å². The van der Waals surface area contributed by atoms with E-state index >= 15 is 0 Å². The van der Waals surface area contributed by atoms with E-state index in [1.54, 1.807) is 19.2 Å². The van der Waals surface area contributed by atoms with Crippen LogP contribution in [0.15, 0.2) is 28.0 Å². The summed E-state index contributed by atoms with van der Waals surface area (Å²) >= 11 is 1.37. The zero-order valence-electron chi connectivity index (χ0n) is 8.84. The third-order valence-corrected chi connectivity index (χ3v) is 3.94. The maximum absolute atomic E-state index is 11.3. The quantitative estimate of drug-likeness (QED) is 0.461. The topological polar surface area (TPSA) is 95.4 Å². The number of benzene rings is 1. The van der Waals surface area contributed by atoms with Gasteiger partial charge >= 0.3 is 0 Å². The van der Waals surface area contributed by atoms with E-state index in [0.717, 1.165) is 0 Å². The van der Waals surface area contributed by atoms with Crippen molar-refractivity contribution in [2.24, 2.45) is 5.14 Å². The molecule has 0 fully saturated rings. The minimum Gasteiger partial charge on any atom is -0.399 e. The number of nitrogen functional groups attached to an aromatic ring is 1. The van der Waals surface area contributed by atoms with E-state index in [2.05, 4.69) is 0 Å². The van der Waals surface area contributed by atoms with Crippen LogP contribution < -0.4 is 10.9 Å². The summed E-state index contributed by atoms with van der Waals surface area (Å²) in [6.45, 7) is 0.541. The van der Waals surface area contributed by atoms with Gasteiger partial charge in [0.25, 0.3) is 0 Å². The highest BCUT2D eigenvalue weighted by atomic mass is 32.2. The largest absolute Gasteiger partial charge is 0.399 e. The Bertz CT molecular complexity index is 460. The normalized spacial score (nSPS) is 11.6. The fourth-order valence-electron chi connectivity index (χ4n) is 1.10. The molecule has 5 nitrogen and oxygen atoms in total. The molecule has 16 heavy (non-hydrogen) atoms. The standard InChI is InChI=1S/C9H14N2O3S2/c1-14-4-5-15-8-3-2-7(10)6-9(8)16(11,12)13/h2-3,6H,4-5,10H2,1H3,(H2,11,12,13). The Balaban J connectivity index is 2.99. The molecule has 0 saturated heterocycles. The average molecular weight is 262 g/mol. The number of ether oxygens (including phenoxy) is 1. The van der Waals surface area contributed by atoms with Crippen LogP contribution in [0.3, 0.4) is 0 Å². The minimum atomic E-state index is -3.73. The second-order valence-electron chi connectivity index (χ2n) is 3.09. The lowest BCUT2D eigenvalue weighted by Crippen LogP contribution is -2.13. The predicted octanol–water partition coefficient (Wildman–Crippen LogP) is 0.655. The first-order chi connectivity index (χ1) is 7.45. The Morgan fingerprint density at radius 2 is 2.12 bits per heavy atom. The summed E-state index contributed by atoms with van der Waals surface area (Å²) in [7, 11) is -2.15. The number of nitrogens with two attached hydrogens (primary N) is 2. The van der Waals surface area contributed by atoms with E-state index in [1.165, 1.54) is 17.8 Å². The summed E-state index contributed by atoms with van der Waals surface area (Å²) in [5.74, 6) is 0.656. The lowest BCUT2D eigenvalue weighted by atomic mass is 10.3. The molecule has 0 unspecified atom stereocenters. The van der Waals surface area contributed by atoms with Crippen LogP contribution in [0, 0.1) is 0 Å². The molecule has 0 aliphatic carbocycles. The molecule has 4 N–H and O–H groups in total. The van der Waals surface area contributed by atoms with Gasteiger partial charge in [-0.25, -0.2) is 13.6 Å². The second kappa shape index (κ2) is 5.53. The van der Waals surface area contributed by atoms with Gasteiger partial charge < -0.3 is 10.5 Å². The first kappa shape index (κ1) is 13.3. The first-order valence-electron chi connectivity index (χ1n) is 4.49. The van der Waals surface area contributed by atoms with Gasteiger partial charge in [-0.1, -0.05) is 0 Å². The highest BCUT2D eigenvalue weighted by Crippen LogP contribution is 2.27. The van der Waals surface area contributed by atoms with Gasteiger partial charge in [-0.15, -0.1) is 11.8 Å². The molecule has 7 heteroatoms. The second-order valence-corrected chi connectivity index (χ2v) is 5.76. The molecular formula is C9H14N2O3S2. The van der Waals surface area contributed by atoms with Crippen LogP contribution in [0.5, 0.6) is 0 Å². The van der Waals surface area contributed by atoms with Crippen molar-refractivity contribution < 1.29 is 13.2 Å². The lowest BCUT2D eigenvalue weighted by Gasteiger charge is -2.07. The number of sulfonamides is 1. The molecule has 0 aliphatic rings. The maximum atomic E-state index is 11.3. The summed E-state index contributed by atoms with van der Waals surface area (Å²) in [5, 5.41) is 5.10. The molecule has 0 heterocycles. The monoisotopic (exact) mass is 262 g/mol. The predicted molar refractivity (Wildman–Crippen MR) is 64.8 cm³/mol.